The van der Waals surface area contributed by atoms with E-state index in [1.54, 1.807) is 19.1 Å². The minimum absolute atomic E-state index is 0.00545. The molecule has 0 aliphatic heterocycles. The van der Waals surface area contributed by atoms with Gasteiger partial charge in [0, 0.05) is 18.3 Å². The Labute approximate surface area is 180 Å². The van der Waals surface area contributed by atoms with E-state index in [-0.39, 0.29) is 23.5 Å². The zero-order chi connectivity index (χ0) is 21.4. The molecule has 0 saturated heterocycles. The van der Waals surface area contributed by atoms with Crippen molar-refractivity contribution in [2.75, 3.05) is 18.9 Å². The lowest BCUT2D eigenvalue weighted by molar-refractivity contribution is -0.122. The SMILES string of the molecule is Cc1cc(S(=O)(=O)NC2CCCCC2)ccc1OCC(=O)NCCSc1ncn[nH]1. The summed E-state index contributed by atoms with van der Waals surface area (Å²) in [6, 6.07) is 4.69. The number of H-pyrrole nitrogens is 1. The van der Waals surface area contributed by atoms with E-state index < -0.39 is 10.0 Å². The number of hydrogen-bond acceptors (Lipinski definition) is 7. The van der Waals surface area contributed by atoms with Gasteiger partial charge in [-0.1, -0.05) is 31.0 Å². The zero-order valence-corrected chi connectivity index (χ0v) is 18.5. The van der Waals surface area contributed by atoms with E-state index in [2.05, 4.69) is 25.2 Å². The van der Waals surface area contributed by atoms with E-state index in [1.165, 1.54) is 24.2 Å². The number of carbonyl (C=O) groups excluding carboxylic acids is 1. The maximum Gasteiger partial charge on any atom is 0.257 e. The maximum atomic E-state index is 12.6. The van der Waals surface area contributed by atoms with Crippen molar-refractivity contribution in [3.63, 3.8) is 0 Å². The van der Waals surface area contributed by atoms with Crippen molar-refractivity contribution in [1.82, 2.24) is 25.2 Å². The Morgan fingerprint density at radius 2 is 2.10 bits per heavy atom. The molecule has 9 nitrogen and oxygen atoms in total. The summed E-state index contributed by atoms with van der Waals surface area (Å²) in [5, 5.41) is 9.95. The van der Waals surface area contributed by atoms with Gasteiger partial charge in [0.05, 0.1) is 4.90 Å². The number of aryl methyl sites for hydroxylation is 1. The first-order valence-corrected chi connectivity index (χ1v) is 12.4. The molecule has 0 radical (unpaired) electrons. The summed E-state index contributed by atoms with van der Waals surface area (Å²) in [6.45, 7) is 2.09. The molecular weight excluding hydrogens is 426 g/mol. The highest BCUT2D eigenvalue weighted by Crippen LogP contribution is 2.24. The fraction of sp³-hybridized carbons (Fsp3) is 0.526. The molecule has 1 fully saturated rings. The fourth-order valence-corrected chi connectivity index (χ4v) is 5.28. The molecule has 0 spiro atoms. The molecule has 1 aliphatic carbocycles. The Balaban J connectivity index is 1.45. The van der Waals surface area contributed by atoms with Crippen LogP contribution in [0.25, 0.3) is 0 Å². The van der Waals surface area contributed by atoms with Gasteiger partial charge in [0.2, 0.25) is 10.0 Å². The van der Waals surface area contributed by atoms with Crippen LogP contribution in [0.15, 0.2) is 34.6 Å². The van der Waals surface area contributed by atoms with Gasteiger partial charge < -0.3 is 10.1 Å². The number of hydrogen-bond donors (Lipinski definition) is 3. The quantitative estimate of drug-likeness (QED) is 0.371. The van der Waals surface area contributed by atoms with Gasteiger partial charge in [0.1, 0.15) is 12.1 Å². The van der Waals surface area contributed by atoms with Crippen LogP contribution >= 0.6 is 11.8 Å². The summed E-state index contributed by atoms with van der Waals surface area (Å²) in [6.07, 6.45) is 6.47. The lowest BCUT2D eigenvalue weighted by Crippen LogP contribution is -2.36. The van der Waals surface area contributed by atoms with Crippen LogP contribution in [0, 0.1) is 6.92 Å². The second-order valence-corrected chi connectivity index (χ2v) is 9.96. The Morgan fingerprint density at radius 3 is 2.80 bits per heavy atom. The van der Waals surface area contributed by atoms with E-state index in [4.69, 9.17) is 4.74 Å². The lowest BCUT2D eigenvalue weighted by atomic mass is 9.96. The molecule has 1 aliphatic rings. The third-order valence-electron chi connectivity index (χ3n) is 4.80. The molecule has 3 N–H and O–H groups in total. The normalized spacial score (nSPS) is 15.1. The number of benzene rings is 1. The fourth-order valence-electron chi connectivity index (χ4n) is 3.26. The highest BCUT2D eigenvalue weighted by molar-refractivity contribution is 7.99. The number of carbonyl (C=O) groups is 1. The molecule has 1 heterocycles. The lowest BCUT2D eigenvalue weighted by Gasteiger charge is -2.22. The number of amides is 1. The predicted molar refractivity (Wildman–Crippen MR) is 114 cm³/mol. The first-order valence-electron chi connectivity index (χ1n) is 9.95. The predicted octanol–water partition coefficient (Wildman–Crippen LogP) is 2.01. The zero-order valence-electron chi connectivity index (χ0n) is 16.9. The van der Waals surface area contributed by atoms with Crippen molar-refractivity contribution >= 4 is 27.7 Å². The van der Waals surface area contributed by atoms with Crippen LogP contribution < -0.4 is 14.8 Å². The van der Waals surface area contributed by atoms with Crippen molar-refractivity contribution in [3.05, 3.63) is 30.1 Å². The summed E-state index contributed by atoms with van der Waals surface area (Å²) in [5.74, 6) is 0.890. The summed E-state index contributed by atoms with van der Waals surface area (Å²) in [7, 11) is -3.56. The third kappa shape index (κ3) is 6.71. The molecule has 1 aromatic heterocycles. The highest BCUT2D eigenvalue weighted by atomic mass is 32.2. The Kier molecular flexibility index (Phi) is 8.11. The number of aromatic amines is 1. The van der Waals surface area contributed by atoms with Crippen LogP contribution in [0.4, 0.5) is 0 Å². The van der Waals surface area contributed by atoms with Crippen LogP contribution in [0.1, 0.15) is 37.7 Å². The average molecular weight is 454 g/mol. The number of rotatable bonds is 10. The number of nitrogens with zero attached hydrogens (tertiary/aromatic N) is 2. The molecule has 0 bridgehead atoms. The van der Waals surface area contributed by atoms with Gasteiger partial charge in [-0.05, 0) is 43.5 Å². The second-order valence-electron chi connectivity index (χ2n) is 7.16. The van der Waals surface area contributed by atoms with Crippen LogP contribution in [0.2, 0.25) is 0 Å². The van der Waals surface area contributed by atoms with E-state index >= 15 is 0 Å². The molecule has 3 rings (SSSR count). The van der Waals surface area contributed by atoms with Gasteiger partial charge in [0.25, 0.3) is 5.91 Å². The largest absolute Gasteiger partial charge is 0.484 e. The first kappa shape index (κ1) is 22.6. The van der Waals surface area contributed by atoms with Gasteiger partial charge in [-0.15, -0.1) is 0 Å². The van der Waals surface area contributed by atoms with Crippen molar-refractivity contribution in [2.45, 2.75) is 55.1 Å². The molecular formula is C19H27N5O4S2. The first-order chi connectivity index (χ1) is 14.4. The van der Waals surface area contributed by atoms with Crippen molar-refractivity contribution in [2.24, 2.45) is 0 Å². The molecule has 0 unspecified atom stereocenters. The molecule has 1 saturated carbocycles. The number of ether oxygens (including phenoxy) is 1. The Morgan fingerprint density at radius 1 is 1.30 bits per heavy atom. The summed E-state index contributed by atoms with van der Waals surface area (Å²) < 4.78 is 33.6. The van der Waals surface area contributed by atoms with Gasteiger partial charge in [-0.25, -0.2) is 18.1 Å². The minimum Gasteiger partial charge on any atom is -0.484 e. The van der Waals surface area contributed by atoms with Crippen LogP contribution in [-0.4, -0.2) is 54.5 Å². The van der Waals surface area contributed by atoms with E-state index in [9.17, 15) is 13.2 Å². The van der Waals surface area contributed by atoms with Crippen LogP contribution in [-0.2, 0) is 14.8 Å². The van der Waals surface area contributed by atoms with E-state index in [1.807, 2.05) is 0 Å². The minimum atomic E-state index is -3.56. The van der Waals surface area contributed by atoms with Crippen LogP contribution in [0.3, 0.4) is 0 Å². The van der Waals surface area contributed by atoms with E-state index in [0.717, 1.165) is 32.1 Å². The number of nitrogens with one attached hydrogen (secondary N) is 3. The second kappa shape index (κ2) is 10.8. The number of thioether (sulfide) groups is 1. The summed E-state index contributed by atoms with van der Waals surface area (Å²) in [4.78, 5) is 16.2. The topological polar surface area (TPSA) is 126 Å². The standard InChI is InChI=1S/C19H27N5O4S2/c1-14-11-16(30(26,27)24-15-5-3-2-4-6-15)7-8-17(14)28-12-18(25)20-9-10-29-19-21-13-22-23-19/h7-8,11,13,15,24H,2-6,9-10,12H2,1H3,(H,20,25)(H,21,22,23). The maximum absolute atomic E-state index is 12.6. The van der Waals surface area contributed by atoms with Gasteiger partial charge in [0.15, 0.2) is 11.8 Å². The Hall–Kier alpha value is -2.11. The smallest absolute Gasteiger partial charge is 0.257 e. The van der Waals surface area contributed by atoms with Crippen LogP contribution in [0.5, 0.6) is 5.75 Å². The van der Waals surface area contributed by atoms with E-state index in [0.29, 0.717) is 28.8 Å². The molecule has 0 atom stereocenters. The van der Waals surface area contributed by atoms with Crippen molar-refractivity contribution in [1.29, 1.82) is 0 Å². The molecule has 11 heteroatoms. The summed E-state index contributed by atoms with van der Waals surface area (Å²) in [5.41, 5.74) is 0.662. The average Bonchev–Trinajstić information content (AvgIpc) is 3.24. The molecule has 164 valence electrons. The Bertz CT molecular complexity index is 928. The highest BCUT2D eigenvalue weighted by Gasteiger charge is 2.22. The van der Waals surface area contributed by atoms with Crippen molar-refractivity contribution in [3.8, 4) is 5.75 Å². The number of sulfonamides is 1. The molecule has 1 amide bonds. The monoisotopic (exact) mass is 453 g/mol. The third-order valence-corrected chi connectivity index (χ3v) is 7.19. The molecule has 30 heavy (non-hydrogen) atoms. The molecule has 1 aromatic carbocycles. The summed E-state index contributed by atoms with van der Waals surface area (Å²) >= 11 is 1.45. The van der Waals surface area contributed by atoms with Crippen molar-refractivity contribution < 1.29 is 17.9 Å². The van der Waals surface area contributed by atoms with Gasteiger partial charge >= 0.3 is 0 Å². The van der Waals surface area contributed by atoms with Gasteiger partial charge in [-0.3, -0.25) is 9.89 Å². The molecule has 2 aromatic rings. The van der Waals surface area contributed by atoms with Gasteiger partial charge in [-0.2, -0.15) is 5.10 Å². The number of aromatic nitrogens is 3.